The molecule has 0 bridgehead atoms. The van der Waals surface area contributed by atoms with Crippen LogP contribution in [0.5, 0.6) is 0 Å². The molecule has 2 heterocycles. The highest BCUT2D eigenvalue weighted by molar-refractivity contribution is 5.98. The molecule has 1 amide bonds. The summed E-state index contributed by atoms with van der Waals surface area (Å²) in [5, 5.41) is 13.4. The maximum absolute atomic E-state index is 12.3. The van der Waals surface area contributed by atoms with E-state index in [9.17, 15) is 9.90 Å². The fraction of sp³-hybridized carbons (Fsp3) is 0.231. The average molecular weight is 243 g/mol. The first-order chi connectivity index (χ1) is 8.75. The number of amides is 1. The zero-order valence-electron chi connectivity index (χ0n) is 9.73. The zero-order chi connectivity index (χ0) is 12.5. The zero-order valence-corrected chi connectivity index (χ0v) is 9.73. The van der Waals surface area contributed by atoms with E-state index in [1.807, 2.05) is 24.3 Å². The van der Waals surface area contributed by atoms with Gasteiger partial charge in [-0.3, -0.25) is 4.79 Å². The van der Waals surface area contributed by atoms with Crippen LogP contribution in [0.25, 0.3) is 5.69 Å². The van der Waals surface area contributed by atoms with Crippen LogP contribution >= 0.6 is 0 Å². The maximum atomic E-state index is 12.3. The summed E-state index contributed by atoms with van der Waals surface area (Å²) in [5.41, 5.74) is 1.36. The number of nitrogens with zero attached hydrogens (tertiary/aromatic N) is 3. The number of carbonyl (C=O) groups is 1. The Kier molecular flexibility index (Phi) is 2.60. The largest absolute Gasteiger partial charge is 0.389 e. The van der Waals surface area contributed by atoms with Gasteiger partial charge in [0.05, 0.1) is 17.4 Å². The molecule has 1 aromatic carbocycles. The lowest BCUT2D eigenvalue weighted by Crippen LogP contribution is -2.53. The van der Waals surface area contributed by atoms with Crippen LogP contribution < -0.4 is 0 Å². The molecule has 1 aliphatic rings. The number of carbonyl (C=O) groups excluding carboxylic acids is 1. The topological polar surface area (TPSA) is 58.4 Å². The van der Waals surface area contributed by atoms with Crippen molar-refractivity contribution in [2.45, 2.75) is 6.10 Å². The van der Waals surface area contributed by atoms with Gasteiger partial charge in [-0.15, -0.1) is 0 Å². The Hall–Kier alpha value is -2.14. The van der Waals surface area contributed by atoms with Crippen LogP contribution in [0.3, 0.4) is 0 Å². The molecule has 0 saturated carbocycles. The quantitative estimate of drug-likeness (QED) is 0.844. The molecule has 0 unspecified atom stereocenters. The van der Waals surface area contributed by atoms with Gasteiger partial charge in [-0.1, -0.05) is 12.1 Å². The Bertz CT molecular complexity index is 559. The van der Waals surface area contributed by atoms with Crippen molar-refractivity contribution in [3.8, 4) is 5.69 Å². The number of aromatic nitrogens is 2. The van der Waals surface area contributed by atoms with E-state index < -0.39 is 0 Å². The van der Waals surface area contributed by atoms with Gasteiger partial charge in [-0.05, 0) is 18.2 Å². The van der Waals surface area contributed by atoms with Gasteiger partial charge in [-0.25, -0.2) is 4.68 Å². The monoisotopic (exact) mass is 243 g/mol. The number of hydrogen-bond acceptors (Lipinski definition) is 3. The highest BCUT2D eigenvalue weighted by Gasteiger charge is 2.30. The van der Waals surface area contributed by atoms with Crippen LogP contribution in [0, 0.1) is 0 Å². The second-order valence-electron chi connectivity index (χ2n) is 4.33. The summed E-state index contributed by atoms with van der Waals surface area (Å²) in [5.74, 6) is -0.0635. The molecule has 0 aliphatic carbocycles. The van der Waals surface area contributed by atoms with Gasteiger partial charge >= 0.3 is 0 Å². The summed E-state index contributed by atoms with van der Waals surface area (Å²) in [4.78, 5) is 13.9. The van der Waals surface area contributed by atoms with E-state index in [4.69, 9.17) is 0 Å². The van der Waals surface area contributed by atoms with Crippen molar-refractivity contribution in [1.29, 1.82) is 0 Å². The number of aliphatic hydroxyl groups is 1. The SMILES string of the molecule is O=C(c1ccccc1-n1cccn1)N1CC(O)C1. The smallest absolute Gasteiger partial charge is 0.256 e. The number of benzene rings is 1. The number of β-amino-alcohol motifs (C(OH)–C–C–N with tert-alkyl or cyclic N) is 1. The van der Waals surface area contributed by atoms with Gasteiger partial charge in [0.25, 0.3) is 5.91 Å². The van der Waals surface area contributed by atoms with Gasteiger partial charge in [0.15, 0.2) is 0 Å². The molecular weight excluding hydrogens is 230 g/mol. The summed E-state index contributed by atoms with van der Waals surface area (Å²) in [7, 11) is 0. The van der Waals surface area contributed by atoms with E-state index in [0.29, 0.717) is 18.7 Å². The van der Waals surface area contributed by atoms with Gasteiger partial charge in [0.1, 0.15) is 0 Å². The summed E-state index contributed by atoms with van der Waals surface area (Å²) >= 11 is 0. The van der Waals surface area contributed by atoms with E-state index in [1.54, 1.807) is 28.0 Å². The van der Waals surface area contributed by atoms with Crippen molar-refractivity contribution < 1.29 is 9.90 Å². The Morgan fingerprint density at radius 3 is 2.72 bits per heavy atom. The Labute approximate surface area is 104 Å². The Morgan fingerprint density at radius 1 is 1.28 bits per heavy atom. The molecular formula is C13H13N3O2. The standard InChI is InChI=1S/C13H13N3O2/c17-10-8-15(9-10)13(18)11-4-1-2-5-12(11)16-7-3-6-14-16/h1-7,10,17H,8-9H2. The molecule has 1 aliphatic heterocycles. The second kappa shape index (κ2) is 4.27. The highest BCUT2D eigenvalue weighted by Crippen LogP contribution is 2.19. The molecule has 18 heavy (non-hydrogen) atoms. The fourth-order valence-electron chi connectivity index (χ4n) is 2.06. The predicted molar refractivity (Wildman–Crippen MR) is 65.5 cm³/mol. The van der Waals surface area contributed by atoms with Crippen LogP contribution in [-0.2, 0) is 0 Å². The van der Waals surface area contributed by atoms with Crippen LogP contribution in [0.4, 0.5) is 0 Å². The molecule has 1 aromatic heterocycles. The molecule has 1 N–H and O–H groups in total. The van der Waals surface area contributed by atoms with E-state index in [1.165, 1.54) is 0 Å². The third-order valence-corrected chi connectivity index (χ3v) is 3.04. The predicted octanol–water partition coefficient (Wildman–Crippen LogP) is 0.689. The lowest BCUT2D eigenvalue weighted by Gasteiger charge is -2.36. The minimum Gasteiger partial charge on any atom is -0.389 e. The van der Waals surface area contributed by atoms with E-state index >= 15 is 0 Å². The van der Waals surface area contributed by atoms with Crippen LogP contribution in [0.2, 0.25) is 0 Å². The Balaban J connectivity index is 1.95. The average Bonchev–Trinajstić information content (AvgIpc) is 2.88. The normalized spacial score (nSPS) is 15.5. The van der Waals surface area contributed by atoms with E-state index in [2.05, 4.69) is 5.10 Å². The molecule has 3 rings (SSSR count). The molecule has 0 spiro atoms. The van der Waals surface area contributed by atoms with Crippen molar-refractivity contribution in [3.63, 3.8) is 0 Å². The van der Waals surface area contributed by atoms with Crippen molar-refractivity contribution >= 4 is 5.91 Å². The molecule has 0 atom stereocenters. The third kappa shape index (κ3) is 1.78. The maximum Gasteiger partial charge on any atom is 0.256 e. The van der Waals surface area contributed by atoms with Crippen molar-refractivity contribution in [2.24, 2.45) is 0 Å². The Morgan fingerprint density at radius 2 is 2.06 bits per heavy atom. The molecule has 92 valence electrons. The number of rotatable bonds is 2. The summed E-state index contributed by atoms with van der Waals surface area (Å²) in [6.45, 7) is 0.818. The minimum absolute atomic E-state index is 0.0635. The molecule has 5 heteroatoms. The van der Waals surface area contributed by atoms with Crippen molar-refractivity contribution in [2.75, 3.05) is 13.1 Å². The van der Waals surface area contributed by atoms with Gasteiger partial charge in [0, 0.05) is 25.5 Å². The molecule has 1 saturated heterocycles. The first kappa shape index (κ1) is 11.0. The van der Waals surface area contributed by atoms with Crippen molar-refractivity contribution in [3.05, 3.63) is 48.3 Å². The van der Waals surface area contributed by atoms with Gasteiger partial charge in [-0.2, -0.15) is 5.10 Å². The highest BCUT2D eigenvalue weighted by atomic mass is 16.3. The second-order valence-corrected chi connectivity index (χ2v) is 4.33. The number of aliphatic hydroxyl groups excluding tert-OH is 1. The fourth-order valence-corrected chi connectivity index (χ4v) is 2.06. The summed E-state index contributed by atoms with van der Waals surface area (Å²) < 4.78 is 1.67. The molecule has 0 radical (unpaired) electrons. The van der Waals surface area contributed by atoms with Crippen LogP contribution in [-0.4, -0.2) is 44.9 Å². The lowest BCUT2D eigenvalue weighted by atomic mass is 10.1. The molecule has 2 aromatic rings. The number of likely N-dealkylation sites (tertiary alicyclic amines) is 1. The van der Waals surface area contributed by atoms with E-state index in [0.717, 1.165) is 5.69 Å². The summed E-state index contributed by atoms with van der Waals surface area (Å²) in [6.07, 6.45) is 3.09. The third-order valence-electron chi connectivity index (χ3n) is 3.04. The molecule has 5 nitrogen and oxygen atoms in total. The minimum atomic E-state index is -0.384. The first-order valence-electron chi connectivity index (χ1n) is 5.82. The van der Waals surface area contributed by atoms with Crippen molar-refractivity contribution in [1.82, 2.24) is 14.7 Å². The molecule has 1 fully saturated rings. The lowest BCUT2D eigenvalue weighted by molar-refractivity contribution is 0.00589. The summed E-state index contributed by atoms with van der Waals surface area (Å²) in [6, 6.07) is 9.16. The van der Waals surface area contributed by atoms with Gasteiger partial charge < -0.3 is 10.0 Å². The number of hydrogen-bond donors (Lipinski definition) is 1. The van der Waals surface area contributed by atoms with Gasteiger partial charge in [0.2, 0.25) is 0 Å². The van der Waals surface area contributed by atoms with E-state index in [-0.39, 0.29) is 12.0 Å². The number of para-hydroxylation sites is 1. The van der Waals surface area contributed by atoms with Crippen LogP contribution in [0.1, 0.15) is 10.4 Å². The first-order valence-corrected chi connectivity index (χ1v) is 5.82. The van der Waals surface area contributed by atoms with Crippen LogP contribution in [0.15, 0.2) is 42.7 Å².